The van der Waals surface area contributed by atoms with E-state index >= 15 is 0 Å². The SMILES string of the molecule is CCCCN(C)C(=NCC(O)c1ccc(OC)c(OC)c1)NCC. The van der Waals surface area contributed by atoms with E-state index in [9.17, 15) is 5.11 Å². The summed E-state index contributed by atoms with van der Waals surface area (Å²) in [6, 6.07) is 5.40. The molecule has 0 aliphatic heterocycles. The van der Waals surface area contributed by atoms with Gasteiger partial charge in [0.15, 0.2) is 17.5 Å². The Balaban J connectivity index is 2.81. The van der Waals surface area contributed by atoms with E-state index in [0.717, 1.165) is 37.5 Å². The van der Waals surface area contributed by atoms with Crippen LogP contribution in [0.1, 0.15) is 38.4 Å². The van der Waals surface area contributed by atoms with Gasteiger partial charge in [0.05, 0.1) is 26.9 Å². The maximum Gasteiger partial charge on any atom is 0.193 e. The number of aliphatic hydroxyl groups excluding tert-OH is 1. The lowest BCUT2D eigenvalue weighted by Gasteiger charge is -2.22. The van der Waals surface area contributed by atoms with Gasteiger partial charge in [0.25, 0.3) is 0 Å². The topological polar surface area (TPSA) is 66.3 Å². The summed E-state index contributed by atoms with van der Waals surface area (Å²) in [7, 11) is 5.19. The van der Waals surface area contributed by atoms with Crippen LogP contribution in [0, 0.1) is 0 Å². The zero-order valence-electron chi connectivity index (χ0n) is 15.5. The zero-order chi connectivity index (χ0) is 17.9. The Kier molecular flexibility index (Phi) is 9.01. The number of benzene rings is 1. The first kappa shape index (κ1) is 20.1. The highest BCUT2D eigenvalue weighted by Gasteiger charge is 2.12. The van der Waals surface area contributed by atoms with Gasteiger partial charge in [0, 0.05) is 20.1 Å². The summed E-state index contributed by atoms with van der Waals surface area (Å²) in [5.41, 5.74) is 0.753. The Morgan fingerprint density at radius 3 is 2.54 bits per heavy atom. The molecule has 0 saturated carbocycles. The van der Waals surface area contributed by atoms with E-state index in [-0.39, 0.29) is 6.54 Å². The van der Waals surface area contributed by atoms with Gasteiger partial charge < -0.3 is 24.8 Å². The van der Waals surface area contributed by atoms with Gasteiger partial charge in [-0.1, -0.05) is 19.4 Å². The maximum atomic E-state index is 10.4. The Morgan fingerprint density at radius 2 is 1.96 bits per heavy atom. The molecule has 136 valence electrons. The van der Waals surface area contributed by atoms with E-state index in [1.165, 1.54) is 0 Å². The molecule has 1 atom stereocenters. The fourth-order valence-electron chi connectivity index (χ4n) is 2.31. The Bertz CT molecular complexity index is 520. The van der Waals surface area contributed by atoms with E-state index in [1.807, 2.05) is 20.0 Å². The summed E-state index contributed by atoms with van der Waals surface area (Å²) in [5, 5.41) is 13.7. The Labute approximate surface area is 145 Å². The lowest BCUT2D eigenvalue weighted by molar-refractivity contribution is 0.186. The standard InChI is InChI=1S/C18H31N3O3/c1-6-8-11-21(3)18(19-7-2)20-13-15(22)14-9-10-16(23-4)17(12-14)24-5/h9-10,12,15,22H,6-8,11,13H2,1-5H3,(H,19,20). The first-order chi connectivity index (χ1) is 11.6. The number of aliphatic imine (C=N–C) groups is 1. The number of methoxy groups -OCH3 is 2. The monoisotopic (exact) mass is 337 g/mol. The molecule has 24 heavy (non-hydrogen) atoms. The van der Waals surface area contributed by atoms with Gasteiger partial charge >= 0.3 is 0 Å². The van der Waals surface area contributed by atoms with Crippen LogP contribution in [0.4, 0.5) is 0 Å². The molecule has 1 unspecified atom stereocenters. The highest BCUT2D eigenvalue weighted by molar-refractivity contribution is 5.79. The van der Waals surface area contributed by atoms with Crippen LogP contribution in [0.2, 0.25) is 0 Å². The molecular weight excluding hydrogens is 306 g/mol. The van der Waals surface area contributed by atoms with Crippen LogP contribution in [0.15, 0.2) is 23.2 Å². The normalized spacial score (nSPS) is 12.7. The summed E-state index contributed by atoms with van der Waals surface area (Å²) in [6.45, 7) is 6.22. The molecule has 1 aromatic rings. The van der Waals surface area contributed by atoms with Crippen molar-refractivity contribution >= 4 is 5.96 Å². The maximum absolute atomic E-state index is 10.4. The molecule has 2 N–H and O–H groups in total. The lowest BCUT2D eigenvalue weighted by Crippen LogP contribution is -2.39. The number of guanidine groups is 1. The minimum Gasteiger partial charge on any atom is -0.493 e. The highest BCUT2D eigenvalue weighted by atomic mass is 16.5. The number of aliphatic hydroxyl groups is 1. The van der Waals surface area contributed by atoms with Crippen LogP contribution < -0.4 is 14.8 Å². The fraction of sp³-hybridized carbons (Fsp3) is 0.611. The summed E-state index contributed by atoms with van der Waals surface area (Å²) in [6.07, 6.45) is 1.55. The number of rotatable bonds is 9. The number of ether oxygens (including phenoxy) is 2. The molecule has 0 aromatic heterocycles. The van der Waals surface area contributed by atoms with E-state index in [1.54, 1.807) is 26.4 Å². The number of hydrogen-bond donors (Lipinski definition) is 2. The van der Waals surface area contributed by atoms with Crippen molar-refractivity contribution in [2.45, 2.75) is 32.8 Å². The van der Waals surface area contributed by atoms with Crippen molar-refractivity contribution in [1.29, 1.82) is 0 Å². The minimum absolute atomic E-state index is 0.286. The van der Waals surface area contributed by atoms with Crippen molar-refractivity contribution < 1.29 is 14.6 Å². The molecular formula is C18H31N3O3. The van der Waals surface area contributed by atoms with Gasteiger partial charge in [-0.3, -0.25) is 4.99 Å². The highest BCUT2D eigenvalue weighted by Crippen LogP contribution is 2.30. The molecule has 0 heterocycles. The summed E-state index contributed by atoms with van der Waals surface area (Å²) < 4.78 is 10.5. The molecule has 0 aliphatic rings. The van der Waals surface area contributed by atoms with Crippen LogP contribution in [0.3, 0.4) is 0 Å². The molecule has 0 bridgehead atoms. The third-order valence-electron chi connectivity index (χ3n) is 3.75. The molecule has 6 heteroatoms. The van der Waals surface area contributed by atoms with Crippen molar-refractivity contribution in [3.05, 3.63) is 23.8 Å². The molecule has 0 amide bonds. The van der Waals surface area contributed by atoms with Crippen molar-refractivity contribution in [3.8, 4) is 11.5 Å². The first-order valence-corrected chi connectivity index (χ1v) is 8.46. The Hall–Kier alpha value is -1.95. The van der Waals surface area contributed by atoms with Crippen molar-refractivity contribution in [2.75, 3.05) is 40.9 Å². The van der Waals surface area contributed by atoms with Crippen LogP contribution in [-0.4, -0.2) is 56.9 Å². The van der Waals surface area contributed by atoms with E-state index in [0.29, 0.717) is 11.5 Å². The second-order valence-corrected chi connectivity index (χ2v) is 5.60. The lowest BCUT2D eigenvalue weighted by atomic mass is 10.1. The largest absolute Gasteiger partial charge is 0.493 e. The Morgan fingerprint density at radius 1 is 1.25 bits per heavy atom. The zero-order valence-corrected chi connectivity index (χ0v) is 15.5. The fourth-order valence-corrected chi connectivity index (χ4v) is 2.31. The summed E-state index contributed by atoms with van der Waals surface area (Å²) in [4.78, 5) is 6.64. The quantitative estimate of drug-likeness (QED) is 0.535. The molecule has 6 nitrogen and oxygen atoms in total. The molecule has 1 rings (SSSR count). The van der Waals surface area contributed by atoms with Gasteiger partial charge in [-0.05, 0) is 31.0 Å². The molecule has 1 aromatic carbocycles. The predicted octanol–water partition coefficient (Wildman–Crippen LogP) is 2.43. The van der Waals surface area contributed by atoms with Crippen LogP contribution in [0.25, 0.3) is 0 Å². The van der Waals surface area contributed by atoms with Crippen LogP contribution in [-0.2, 0) is 0 Å². The third-order valence-corrected chi connectivity index (χ3v) is 3.75. The van der Waals surface area contributed by atoms with Gasteiger partial charge in [-0.2, -0.15) is 0 Å². The molecule has 0 spiro atoms. The molecule has 0 aliphatic carbocycles. The average Bonchev–Trinajstić information content (AvgIpc) is 2.62. The van der Waals surface area contributed by atoms with E-state index in [2.05, 4.69) is 22.1 Å². The van der Waals surface area contributed by atoms with Crippen molar-refractivity contribution in [1.82, 2.24) is 10.2 Å². The second kappa shape index (κ2) is 10.8. The molecule has 0 saturated heterocycles. The number of nitrogens with one attached hydrogen (secondary N) is 1. The van der Waals surface area contributed by atoms with Crippen molar-refractivity contribution in [3.63, 3.8) is 0 Å². The van der Waals surface area contributed by atoms with Gasteiger partial charge in [0.2, 0.25) is 0 Å². The summed E-state index contributed by atoms with van der Waals surface area (Å²) in [5.74, 6) is 2.06. The smallest absolute Gasteiger partial charge is 0.193 e. The third kappa shape index (κ3) is 5.92. The van der Waals surface area contributed by atoms with Gasteiger partial charge in [-0.25, -0.2) is 0 Å². The van der Waals surface area contributed by atoms with Gasteiger partial charge in [-0.15, -0.1) is 0 Å². The first-order valence-electron chi connectivity index (χ1n) is 8.46. The predicted molar refractivity (Wildman–Crippen MR) is 98.0 cm³/mol. The molecule has 0 radical (unpaired) electrons. The van der Waals surface area contributed by atoms with Gasteiger partial charge in [0.1, 0.15) is 0 Å². The molecule has 0 fully saturated rings. The van der Waals surface area contributed by atoms with Crippen LogP contribution >= 0.6 is 0 Å². The second-order valence-electron chi connectivity index (χ2n) is 5.60. The van der Waals surface area contributed by atoms with Crippen LogP contribution in [0.5, 0.6) is 11.5 Å². The number of nitrogens with zero attached hydrogens (tertiary/aromatic N) is 2. The average molecular weight is 337 g/mol. The number of unbranched alkanes of at least 4 members (excludes halogenated alkanes) is 1. The summed E-state index contributed by atoms with van der Waals surface area (Å²) >= 11 is 0. The van der Waals surface area contributed by atoms with E-state index < -0.39 is 6.10 Å². The van der Waals surface area contributed by atoms with E-state index in [4.69, 9.17) is 9.47 Å². The number of hydrogen-bond acceptors (Lipinski definition) is 4. The van der Waals surface area contributed by atoms with Crippen molar-refractivity contribution in [2.24, 2.45) is 4.99 Å². The minimum atomic E-state index is -0.696.